The minimum atomic E-state index is -0.172. The zero-order valence-electron chi connectivity index (χ0n) is 20.0. The van der Waals surface area contributed by atoms with E-state index in [0.717, 1.165) is 48.2 Å². The van der Waals surface area contributed by atoms with E-state index in [2.05, 4.69) is 27.8 Å². The number of para-hydroxylation sites is 1. The highest BCUT2D eigenvalue weighted by Gasteiger charge is 2.24. The molecule has 0 unspecified atom stereocenters. The van der Waals surface area contributed by atoms with E-state index in [1.165, 1.54) is 0 Å². The lowest BCUT2D eigenvalue weighted by Gasteiger charge is -2.30. The van der Waals surface area contributed by atoms with Gasteiger partial charge in [-0.3, -0.25) is 4.79 Å². The van der Waals surface area contributed by atoms with Crippen LogP contribution in [0.4, 0.5) is 5.82 Å². The molecule has 2 aromatic carbocycles. The average molecular weight is 505 g/mol. The van der Waals surface area contributed by atoms with Gasteiger partial charge in [0, 0.05) is 23.7 Å². The van der Waals surface area contributed by atoms with E-state index in [1.807, 2.05) is 24.3 Å². The highest BCUT2D eigenvalue weighted by atomic mass is 35.5. The number of ether oxygens (including phenoxy) is 2. The average Bonchev–Trinajstić information content (AvgIpc) is 2.90. The van der Waals surface area contributed by atoms with E-state index in [1.54, 1.807) is 49.7 Å². The Morgan fingerprint density at radius 1 is 0.861 bits per heavy atom. The summed E-state index contributed by atoms with van der Waals surface area (Å²) in [5, 5.41) is 7.86. The van der Waals surface area contributed by atoms with Crippen molar-refractivity contribution in [2.75, 3.05) is 12.4 Å². The summed E-state index contributed by atoms with van der Waals surface area (Å²) in [5.74, 6) is 2.33. The molecule has 1 saturated carbocycles. The summed E-state index contributed by atoms with van der Waals surface area (Å²) < 4.78 is 11.1. The quantitative estimate of drug-likeness (QED) is 0.321. The topological polar surface area (TPSA) is 85.4 Å². The zero-order chi connectivity index (χ0) is 24.0. The summed E-state index contributed by atoms with van der Waals surface area (Å²) in [6.45, 7) is 0. The number of amides is 1. The minimum absolute atomic E-state index is 0. The number of rotatable bonds is 7. The van der Waals surface area contributed by atoms with Gasteiger partial charge in [0.1, 0.15) is 22.9 Å². The van der Waals surface area contributed by atoms with Crippen molar-refractivity contribution in [1.82, 2.24) is 15.3 Å². The van der Waals surface area contributed by atoms with E-state index in [-0.39, 0.29) is 30.2 Å². The normalized spacial score (nSPS) is 17.0. The largest absolute Gasteiger partial charge is 0.497 e. The van der Waals surface area contributed by atoms with Gasteiger partial charge in [-0.1, -0.05) is 18.2 Å². The van der Waals surface area contributed by atoms with Crippen LogP contribution in [0.25, 0.3) is 10.9 Å². The molecule has 7 nitrogen and oxygen atoms in total. The molecular formula is C28H29ClN4O3. The molecule has 1 aliphatic rings. The highest BCUT2D eigenvalue weighted by Crippen LogP contribution is 2.27. The lowest BCUT2D eigenvalue weighted by molar-refractivity contribution is 0.0923. The van der Waals surface area contributed by atoms with Crippen molar-refractivity contribution in [1.29, 1.82) is 0 Å². The van der Waals surface area contributed by atoms with Gasteiger partial charge in [0.05, 0.1) is 12.6 Å². The van der Waals surface area contributed by atoms with E-state index >= 15 is 0 Å². The molecule has 36 heavy (non-hydrogen) atoms. The summed E-state index contributed by atoms with van der Waals surface area (Å²) in [5.41, 5.74) is 1.41. The number of anilines is 1. The second kappa shape index (κ2) is 11.7. The van der Waals surface area contributed by atoms with Crippen LogP contribution in [0.5, 0.6) is 17.4 Å². The molecule has 8 heteroatoms. The first-order chi connectivity index (χ1) is 17.2. The Kier molecular flexibility index (Phi) is 8.23. The maximum atomic E-state index is 13.0. The van der Waals surface area contributed by atoms with Crippen LogP contribution in [-0.4, -0.2) is 35.1 Å². The number of carbonyl (C=O) groups is 1. The van der Waals surface area contributed by atoms with Gasteiger partial charge in [-0.25, -0.2) is 9.97 Å². The van der Waals surface area contributed by atoms with Gasteiger partial charge in [-0.05, 0) is 80.3 Å². The molecule has 0 atom stereocenters. The second-order valence-corrected chi connectivity index (χ2v) is 8.69. The fraction of sp³-hybridized carbons (Fsp3) is 0.250. The Morgan fingerprint density at radius 2 is 1.58 bits per heavy atom. The molecule has 186 valence electrons. The van der Waals surface area contributed by atoms with Gasteiger partial charge in [0.25, 0.3) is 5.91 Å². The number of fused-ring (bicyclic) bond motifs is 1. The maximum Gasteiger partial charge on any atom is 0.257 e. The number of pyridine rings is 2. The van der Waals surface area contributed by atoms with Crippen molar-refractivity contribution in [3.63, 3.8) is 0 Å². The van der Waals surface area contributed by atoms with Crippen LogP contribution in [0.1, 0.15) is 36.0 Å². The number of methoxy groups -OCH3 is 1. The summed E-state index contributed by atoms with van der Waals surface area (Å²) in [7, 11) is 1.61. The maximum absolute atomic E-state index is 13.0. The van der Waals surface area contributed by atoms with Gasteiger partial charge in [-0.15, -0.1) is 12.4 Å². The molecule has 4 aromatic rings. The number of carbonyl (C=O) groups excluding carboxylic acids is 1. The Balaban J connectivity index is 0.00000304. The lowest BCUT2D eigenvalue weighted by atomic mass is 9.91. The number of hydrogen-bond acceptors (Lipinski definition) is 6. The van der Waals surface area contributed by atoms with Crippen LogP contribution < -0.4 is 20.1 Å². The predicted octanol–water partition coefficient (Wildman–Crippen LogP) is 6.01. The van der Waals surface area contributed by atoms with Gasteiger partial charge in [0.2, 0.25) is 5.88 Å². The monoisotopic (exact) mass is 504 g/mol. The zero-order valence-corrected chi connectivity index (χ0v) is 20.8. The van der Waals surface area contributed by atoms with Crippen molar-refractivity contribution in [3.8, 4) is 17.4 Å². The molecule has 0 spiro atoms. The van der Waals surface area contributed by atoms with Crippen LogP contribution in [-0.2, 0) is 0 Å². The van der Waals surface area contributed by atoms with Crippen molar-refractivity contribution < 1.29 is 14.3 Å². The first-order valence-corrected chi connectivity index (χ1v) is 11.9. The molecule has 2 N–H and O–H groups in total. The van der Waals surface area contributed by atoms with Crippen LogP contribution in [0.2, 0.25) is 0 Å². The molecule has 1 amide bonds. The summed E-state index contributed by atoms with van der Waals surface area (Å²) in [6.07, 6.45) is 5.33. The molecule has 0 bridgehead atoms. The van der Waals surface area contributed by atoms with Gasteiger partial charge in [0.15, 0.2) is 0 Å². The second-order valence-electron chi connectivity index (χ2n) is 8.69. The molecule has 1 fully saturated rings. The Bertz CT molecular complexity index is 1310. The van der Waals surface area contributed by atoms with Crippen molar-refractivity contribution in [3.05, 3.63) is 84.6 Å². The van der Waals surface area contributed by atoms with Gasteiger partial charge >= 0.3 is 0 Å². The fourth-order valence-corrected chi connectivity index (χ4v) is 4.40. The smallest absolute Gasteiger partial charge is 0.257 e. The molecular weight excluding hydrogens is 476 g/mol. The van der Waals surface area contributed by atoms with Crippen LogP contribution in [0, 0.1) is 0 Å². The van der Waals surface area contributed by atoms with Crippen LogP contribution in [0.3, 0.4) is 0 Å². The minimum Gasteiger partial charge on any atom is -0.497 e. The summed E-state index contributed by atoms with van der Waals surface area (Å²) in [6, 6.07) is 23.3. The number of benzene rings is 2. The highest BCUT2D eigenvalue weighted by molar-refractivity contribution is 5.96. The molecule has 5 rings (SSSR count). The Labute approximate surface area is 216 Å². The van der Waals surface area contributed by atoms with Gasteiger partial charge < -0.3 is 20.1 Å². The third kappa shape index (κ3) is 6.04. The Morgan fingerprint density at radius 3 is 2.36 bits per heavy atom. The molecule has 0 aliphatic heterocycles. The van der Waals surface area contributed by atoms with E-state index in [0.29, 0.717) is 17.4 Å². The number of halogens is 1. The number of nitrogens with zero attached hydrogens (tertiary/aromatic N) is 2. The summed E-state index contributed by atoms with van der Waals surface area (Å²) in [4.78, 5) is 22.0. The predicted molar refractivity (Wildman–Crippen MR) is 143 cm³/mol. The molecule has 1 aliphatic carbocycles. The third-order valence-electron chi connectivity index (χ3n) is 6.30. The van der Waals surface area contributed by atoms with E-state index in [9.17, 15) is 4.79 Å². The molecule has 2 aromatic heterocycles. The first kappa shape index (κ1) is 25.3. The molecule has 2 heterocycles. The van der Waals surface area contributed by atoms with Crippen LogP contribution >= 0.6 is 12.4 Å². The number of aromatic nitrogens is 2. The SMILES string of the molecule is COc1ccc(Oc2ncccc2C(=O)NC2CCC(Nc3ccc4ccccc4n3)CC2)cc1.Cl. The first-order valence-electron chi connectivity index (χ1n) is 11.9. The van der Waals surface area contributed by atoms with Crippen molar-refractivity contribution in [2.45, 2.75) is 37.8 Å². The summed E-state index contributed by atoms with van der Waals surface area (Å²) >= 11 is 0. The fourth-order valence-electron chi connectivity index (χ4n) is 4.40. The lowest BCUT2D eigenvalue weighted by Crippen LogP contribution is -2.40. The standard InChI is InChI=1S/C28H28N4O3.ClH/c1-34-22-13-15-23(16-14-22)35-28-24(6-4-18-29-28)27(33)31-21-11-9-20(10-12-21)30-26-17-8-19-5-2-3-7-25(19)32-26;/h2-8,13-18,20-21H,9-12H2,1H3,(H,30,32)(H,31,33);1H. The van der Waals surface area contributed by atoms with E-state index in [4.69, 9.17) is 14.5 Å². The third-order valence-corrected chi connectivity index (χ3v) is 6.30. The number of nitrogens with one attached hydrogen (secondary N) is 2. The molecule has 0 saturated heterocycles. The van der Waals surface area contributed by atoms with Crippen LogP contribution in [0.15, 0.2) is 79.0 Å². The van der Waals surface area contributed by atoms with E-state index < -0.39 is 0 Å². The van der Waals surface area contributed by atoms with Gasteiger partial charge in [-0.2, -0.15) is 0 Å². The Hall–Kier alpha value is -3.84. The number of hydrogen-bond donors (Lipinski definition) is 2. The molecule has 0 radical (unpaired) electrons. The van der Waals surface area contributed by atoms with Crippen molar-refractivity contribution >= 4 is 35.0 Å². The van der Waals surface area contributed by atoms with Crippen molar-refractivity contribution in [2.24, 2.45) is 0 Å².